The smallest absolute Gasteiger partial charge is 0.255 e. The first-order valence-electron chi connectivity index (χ1n) is 9.17. The Labute approximate surface area is 174 Å². The van der Waals surface area contributed by atoms with Crippen LogP contribution in [0.1, 0.15) is 39.9 Å². The number of nitrogens with zero attached hydrogens (tertiary/aromatic N) is 2. The normalized spacial score (nSPS) is 10.9. The maximum atomic E-state index is 13.2. The van der Waals surface area contributed by atoms with Crippen LogP contribution in [0.2, 0.25) is 5.02 Å². The highest BCUT2D eigenvalue weighted by Crippen LogP contribution is 2.29. The predicted molar refractivity (Wildman–Crippen MR) is 114 cm³/mol. The van der Waals surface area contributed by atoms with E-state index >= 15 is 0 Å². The highest BCUT2D eigenvalue weighted by atomic mass is 35.5. The first kappa shape index (κ1) is 20.5. The molecule has 146 valence electrons. The molecule has 0 aliphatic rings. The summed E-state index contributed by atoms with van der Waals surface area (Å²) in [6, 6.07) is 15.4. The van der Waals surface area contributed by atoms with Crippen LogP contribution in [0, 0.1) is 13.8 Å². The summed E-state index contributed by atoms with van der Waals surface area (Å²) < 4.78 is 5.24. The van der Waals surface area contributed by atoms with Gasteiger partial charge in [0.15, 0.2) is 0 Å². The van der Waals surface area contributed by atoms with Gasteiger partial charge in [0.1, 0.15) is 5.76 Å². The molecule has 3 aromatic rings. The standard InChI is InChI=1S/C22H23ClN2O2S/c1-4-25(13-17-8-7-9-18(23)12-17)22(26)19-10-5-6-11-21(19)28-14-20-15(2)24-27-16(20)3/h5-12H,4,13-14H2,1-3H3. The summed E-state index contributed by atoms with van der Waals surface area (Å²) in [5.74, 6) is 1.56. The second-order valence-corrected chi connectivity index (χ2v) is 7.99. The summed E-state index contributed by atoms with van der Waals surface area (Å²) in [6.07, 6.45) is 0. The fourth-order valence-corrected chi connectivity index (χ4v) is 4.39. The number of hydrogen-bond acceptors (Lipinski definition) is 4. The second-order valence-electron chi connectivity index (χ2n) is 6.54. The van der Waals surface area contributed by atoms with Crippen molar-refractivity contribution in [3.63, 3.8) is 0 Å². The van der Waals surface area contributed by atoms with Crippen molar-refractivity contribution in [2.45, 2.75) is 38.0 Å². The minimum atomic E-state index is 0.0179. The molecule has 28 heavy (non-hydrogen) atoms. The SMILES string of the molecule is CCN(Cc1cccc(Cl)c1)C(=O)c1ccccc1SCc1c(C)noc1C. The average molecular weight is 415 g/mol. The second kappa shape index (κ2) is 9.30. The molecular weight excluding hydrogens is 392 g/mol. The maximum absolute atomic E-state index is 13.2. The molecule has 1 heterocycles. The van der Waals surface area contributed by atoms with Gasteiger partial charge in [-0.25, -0.2) is 0 Å². The monoisotopic (exact) mass is 414 g/mol. The van der Waals surface area contributed by atoms with Gasteiger partial charge >= 0.3 is 0 Å². The van der Waals surface area contributed by atoms with Crippen LogP contribution in [0.5, 0.6) is 0 Å². The predicted octanol–water partition coefficient (Wildman–Crippen LogP) is 5.90. The Morgan fingerprint density at radius 1 is 1.18 bits per heavy atom. The molecule has 0 atom stereocenters. The Morgan fingerprint density at radius 3 is 2.64 bits per heavy atom. The molecule has 4 nitrogen and oxygen atoms in total. The van der Waals surface area contributed by atoms with Crippen molar-refractivity contribution < 1.29 is 9.32 Å². The molecule has 1 aromatic heterocycles. The van der Waals surface area contributed by atoms with Crippen molar-refractivity contribution in [1.82, 2.24) is 10.1 Å². The highest BCUT2D eigenvalue weighted by molar-refractivity contribution is 7.98. The van der Waals surface area contributed by atoms with E-state index in [-0.39, 0.29) is 5.91 Å². The van der Waals surface area contributed by atoms with Gasteiger partial charge in [0.05, 0.1) is 11.3 Å². The van der Waals surface area contributed by atoms with Crippen molar-refractivity contribution in [3.8, 4) is 0 Å². The molecule has 0 aliphatic carbocycles. The number of halogens is 1. The van der Waals surface area contributed by atoms with E-state index in [2.05, 4.69) is 5.16 Å². The van der Waals surface area contributed by atoms with Gasteiger partial charge in [-0.15, -0.1) is 11.8 Å². The van der Waals surface area contributed by atoms with Gasteiger partial charge in [0.2, 0.25) is 0 Å². The van der Waals surface area contributed by atoms with E-state index in [0.29, 0.717) is 29.4 Å². The van der Waals surface area contributed by atoms with Crippen LogP contribution in [0.3, 0.4) is 0 Å². The topological polar surface area (TPSA) is 46.3 Å². The average Bonchev–Trinajstić information content (AvgIpc) is 3.02. The van der Waals surface area contributed by atoms with E-state index in [4.69, 9.17) is 16.1 Å². The summed E-state index contributed by atoms with van der Waals surface area (Å²) in [6.45, 7) is 6.99. The Bertz CT molecular complexity index is 951. The lowest BCUT2D eigenvalue weighted by atomic mass is 10.1. The molecule has 1 amide bonds. The Morgan fingerprint density at radius 2 is 1.96 bits per heavy atom. The Balaban J connectivity index is 1.79. The van der Waals surface area contributed by atoms with Crippen LogP contribution in [-0.4, -0.2) is 22.5 Å². The van der Waals surface area contributed by atoms with Crippen LogP contribution in [0.4, 0.5) is 0 Å². The number of thioether (sulfide) groups is 1. The van der Waals surface area contributed by atoms with Gasteiger partial charge in [-0.05, 0) is 50.6 Å². The lowest BCUT2D eigenvalue weighted by Crippen LogP contribution is -2.30. The lowest BCUT2D eigenvalue weighted by molar-refractivity contribution is 0.0749. The molecule has 0 spiro atoms. The minimum Gasteiger partial charge on any atom is -0.361 e. The number of aromatic nitrogens is 1. The van der Waals surface area contributed by atoms with E-state index in [0.717, 1.165) is 27.5 Å². The third-order valence-electron chi connectivity index (χ3n) is 4.60. The molecule has 0 unspecified atom stereocenters. The summed E-state index contributed by atoms with van der Waals surface area (Å²) >= 11 is 7.72. The van der Waals surface area contributed by atoms with Crippen LogP contribution in [0.25, 0.3) is 0 Å². The Kier molecular flexibility index (Phi) is 6.81. The number of rotatable bonds is 7. The number of benzene rings is 2. The van der Waals surface area contributed by atoms with Crippen molar-refractivity contribution >= 4 is 29.3 Å². The van der Waals surface area contributed by atoms with Gasteiger partial charge in [0.25, 0.3) is 5.91 Å². The molecule has 0 aliphatic heterocycles. The number of aryl methyl sites for hydroxylation is 2. The van der Waals surface area contributed by atoms with E-state index in [9.17, 15) is 4.79 Å². The van der Waals surface area contributed by atoms with Crippen molar-refractivity contribution in [1.29, 1.82) is 0 Å². The quantitative estimate of drug-likeness (QED) is 0.451. The van der Waals surface area contributed by atoms with E-state index in [1.807, 2.05) is 74.2 Å². The molecule has 0 radical (unpaired) electrons. The molecular formula is C22H23ClN2O2S. The third-order valence-corrected chi connectivity index (χ3v) is 5.94. The summed E-state index contributed by atoms with van der Waals surface area (Å²) in [7, 11) is 0. The summed E-state index contributed by atoms with van der Waals surface area (Å²) in [5, 5.41) is 4.68. The van der Waals surface area contributed by atoms with E-state index in [1.54, 1.807) is 11.8 Å². The van der Waals surface area contributed by atoms with Gasteiger partial charge in [0, 0.05) is 34.3 Å². The molecule has 0 fully saturated rings. The highest BCUT2D eigenvalue weighted by Gasteiger charge is 2.19. The maximum Gasteiger partial charge on any atom is 0.255 e. The zero-order chi connectivity index (χ0) is 20.1. The van der Waals surface area contributed by atoms with E-state index < -0.39 is 0 Å². The first-order chi connectivity index (χ1) is 13.5. The first-order valence-corrected chi connectivity index (χ1v) is 10.5. The molecule has 0 N–H and O–H groups in total. The number of amides is 1. The zero-order valence-corrected chi connectivity index (χ0v) is 17.8. The molecule has 0 bridgehead atoms. The molecule has 0 saturated carbocycles. The Hall–Kier alpha value is -2.24. The summed E-state index contributed by atoms with van der Waals surface area (Å²) in [4.78, 5) is 16.0. The van der Waals surface area contributed by atoms with Gasteiger partial charge in [-0.1, -0.05) is 41.0 Å². The largest absolute Gasteiger partial charge is 0.361 e. The zero-order valence-electron chi connectivity index (χ0n) is 16.2. The van der Waals surface area contributed by atoms with Gasteiger partial charge in [-0.3, -0.25) is 4.79 Å². The number of carbonyl (C=O) groups excluding carboxylic acids is 1. The van der Waals surface area contributed by atoms with Crippen LogP contribution in [-0.2, 0) is 12.3 Å². The van der Waals surface area contributed by atoms with Crippen LogP contribution >= 0.6 is 23.4 Å². The number of carbonyl (C=O) groups is 1. The minimum absolute atomic E-state index is 0.0179. The van der Waals surface area contributed by atoms with Gasteiger partial charge < -0.3 is 9.42 Å². The van der Waals surface area contributed by atoms with Crippen molar-refractivity contribution in [3.05, 3.63) is 81.7 Å². The van der Waals surface area contributed by atoms with Crippen molar-refractivity contribution in [2.75, 3.05) is 6.54 Å². The van der Waals surface area contributed by atoms with Crippen molar-refractivity contribution in [2.24, 2.45) is 0 Å². The van der Waals surface area contributed by atoms with E-state index in [1.165, 1.54) is 0 Å². The molecule has 2 aromatic carbocycles. The molecule has 6 heteroatoms. The van der Waals surface area contributed by atoms with Crippen LogP contribution in [0.15, 0.2) is 57.9 Å². The summed E-state index contributed by atoms with van der Waals surface area (Å²) in [5.41, 5.74) is 3.70. The fourth-order valence-electron chi connectivity index (χ4n) is 2.98. The van der Waals surface area contributed by atoms with Crippen LogP contribution < -0.4 is 0 Å². The van der Waals surface area contributed by atoms with Gasteiger partial charge in [-0.2, -0.15) is 0 Å². The molecule has 3 rings (SSSR count). The molecule has 0 saturated heterocycles. The number of hydrogen-bond donors (Lipinski definition) is 0. The third kappa shape index (κ3) is 4.78. The lowest BCUT2D eigenvalue weighted by Gasteiger charge is -2.22. The fraction of sp³-hybridized carbons (Fsp3) is 0.273.